The molecule has 238 valence electrons. The first-order valence-electron chi connectivity index (χ1n) is 15.5. The Morgan fingerprint density at radius 2 is 2.00 bits per heavy atom. The molecular formula is C33H44N4O6S. The summed E-state index contributed by atoms with van der Waals surface area (Å²) in [4.78, 5) is 47.8. The zero-order chi connectivity index (χ0) is 31.6. The summed E-state index contributed by atoms with van der Waals surface area (Å²) in [6.07, 6.45) is 7.17. The van der Waals surface area contributed by atoms with Crippen LogP contribution in [0.2, 0.25) is 0 Å². The standard InChI is InChI=1S/C33H44N4O6S/c1-19-17-34-30(44-19)36-27(38)12-8-21-16-26(37-41-6)33(5)14-13-24-23-11-9-22(15-20(23)7-10-25(24)29(21)33)42-28(39)18-35-31(40)43-32(2,3)4/h9,11,15,17,21,24-25,29H,7-8,10,12-14,16,18H2,1-6H3,(H,35,40)(H,34,36,38)/b37-26+/t21-,24?,25?,29?,33-/m1/s1. The van der Waals surface area contributed by atoms with E-state index in [0.717, 1.165) is 49.1 Å². The minimum Gasteiger partial charge on any atom is -0.444 e. The summed E-state index contributed by atoms with van der Waals surface area (Å²) < 4.78 is 10.7. The van der Waals surface area contributed by atoms with Crippen LogP contribution in [-0.2, 0) is 25.6 Å². The molecule has 3 unspecified atom stereocenters. The number of alkyl carbamates (subject to hydrolysis) is 1. The van der Waals surface area contributed by atoms with Crippen LogP contribution in [0.15, 0.2) is 29.6 Å². The highest BCUT2D eigenvalue weighted by Crippen LogP contribution is 2.62. The second kappa shape index (κ2) is 12.9. The van der Waals surface area contributed by atoms with Gasteiger partial charge in [-0.2, -0.15) is 0 Å². The van der Waals surface area contributed by atoms with Crippen LogP contribution in [0.25, 0.3) is 0 Å². The van der Waals surface area contributed by atoms with Crippen LogP contribution in [0.5, 0.6) is 5.75 Å². The molecular weight excluding hydrogens is 580 g/mol. The lowest BCUT2D eigenvalue weighted by molar-refractivity contribution is -0.133. The van der Waals surface area contributed by atoms with Crippen molar-refractivity contribution < 1.29 is 28.7 Å². The molecule has 2 aromatic rings. The molecule has 3 aliphatic carbocycles. The molecule has 0 bridgehead atoms. The number of fused-ring (bicyclic) bond motifs is 5. The van der Waals surface area contributed by atoms with Gasteiger partial charge in [-0.3, -0.25) is 4.79 Å². The molecule has 0 saturated heterocycles. The van der Waals surface area contributed by atoms with E-state index in [-0.39, 0.29) is 17.9 Å². The highest BCUT2D eigenvalue weighted by Gasteiger charge is 2.57. The van der Waals surface area contributed by atoms with Gasteiger partial charge in [-0.15, -0.1) is 11.3 Å². The number of hydrogen-bond acceptors (Lipinski definition) is 9. The number of nitrogens with zero attached hydrogens (tertiary/aromatic N) is 2. The molecule has 10 nitrogen and oxygen atoms in total. The molecule has 2 N–H and O–H groups in total. The summed E-state index contributed by atoms with van der Waals surface area (Å²) in [5.74, 6) is 1.53. The molecule has 2 fully saturated rings. The third-order valence-electron chi connectivity index (χ3n) is 9.39. The smallest absolute Gasteiger partial charge is 0.408 e. The molecule has 3 aliphatic rings. The zero-order valence-corrected chi connectivity index (χ0v) is 27.3. The molecule has 0 radical (unpaired) electrons. The Morgan fingerprint density at radius 3 is 2.70 bits per heavy atom. The van der Waals surface area contributed by atoms with E-state index in [0.29, 0.717) is 41.0 Å². The Balaban J connectivity index is 1.26. The fourth-order valence-corrected chi connectivity index (χ4v) is 8.44. The summed E-state index contributed by atoms with van der Waals surface area (Å²) in [6, 6.07) is 5.94. The molecule has 2 amide bonds. The molecule has 5 atom stereocenters. The number of thiazole rings is 1. The van der Waals surface area contributed by atoms with Crippen LogP contribution < -0.4 is 15.4 Å². The van der Waals surface area contributed by atoms with Crippen LogP contribution in [0.4, 0.5) is 9.93 Å². The van der Waals surface area contributed by atoms with Gasteiger partial charge in [0.15, 0.2) is 5.13 Å². The lowest BCUT2D eigenvalue weighted by Gasteiger charge is -2.50. The number of aryl methyl sites for hydroxylation is 2. The monoisotopic (exact) mass is 624 g/mol. The number of ether oxygens (including phenoxy) is 2. The van der Waals surface area contributed by atoms with Crippen LogP contribution in [0.1, 0.15) is 88.1 Å². The van der Waals surface area contributed by atoms with Gasteiger partial charge in [-0.05, 0) is 113 Å². The molecule has 1 aromatic heterocycles. The van der Waals surface area contributed by atoms with Gasteiger partial charge in [0.2, 0.25) is 5.91 Å². The maximum absolute atomic E-state index is 12.8. The van der Waals surface area contributed by atoms with Gasteiger partial charge in [0.25, 0.3) is 0 Å². The summed E-state index contributed by atoms with van der Waals surface area (Å²) in [7, 11) is 1.61. The summed E-state index contributed by atoms with van der Waals surface area (Å²) in [5, 5.41) is 10.6. The van der Waals surface area contributed by atoms with E-state index in [9.17, 15) is 14.4 Å². The third-order valence-corrected chi connectivity index (χ3v) is 10.2. The largest absolute Gasteiger partial charge is 0.444 e. The van der Waals surface area contributed by atoms with Crippen molar-refractivity contribution in [1.82, 2.24) is 10.3 Å². The van der Waals surface area contributed by atoms with E-state index in [1.165, 1.54) is 22.5 Å². The van der Waals surface area contributed by atoms with Crippen molar-refractivity contribution >= 4 is 40.1 Å². The number of amides is 2. The third kappa shape index (κ3) is 7.08. The van der Waals surface area contributed by atoms with Crippen molar-refractivity contribution in [1.29, 1.82) is 0 Å². The van der Waals surface area contributed by atoms with Gasteiger partial charge >= 0.3 is 12.1 Å². The van der Waals surface area contributed by atoms with Crippen molar-refractivity contribution in [2.45, 2.75) is 91.1 Å². The molecule has 0 spiro atoms. The van der Waals surface area contributed by atoms with Crippen LogP contribution in [0, 0.1) is 30.1 Å². The van der Waals surface area contributed by atoms with E-state index < -0.39 is 17.7 Å². The van der Waals surface area contributed by atoms with Crippen molar-refractivity contribution in [3.63, 3.8) is 0 Å². The number of anilines is 1. The predicted octanol–water partition coefficient (Wildman–Crippen LogP) is 6.39. The van der Waals surface area contributed by atoms with Gasteiger partial charge in [-0.25, -0.2) is 14.6 Å². The second-order valence-electron chi connectivity index (χ2n) is 13.5. The van der Waals surface area contributed by atoms with E-state index in [2.05, 4.69) is 33.8 Å². The zero-order valence-electron chi connectivity index (χ0n) is 26.5. The minimum atomic E-state index is -0.658. The number of rotatable bonds is 8. The Bertz CT molecular complexity index is 1430. The van der Waals surface area contributed by atoms with Crippen molar-refractivity contribution in [3.05, 3.63) is 40.4 Å². The molecule has 1 heterocycles. The molecule has 11 heteroatoms. The quantitative estimate of drug-likeness (QED) is 0.198. The first-order chi connectivity index (χ1) is 20.9. The van der Waals surface area contributed by atoms with Gasteiger partial charge in [0, 0.05) is 22.9 Å². The highest BCUT2D eigenvalue weighted by atomic mass is 32.1. The van der Waals surface area contributed by atoms with Crippen LogP contribution in [-0.4, -0.2) is 47.9 Å². The second-order valence-corrected chi connectivity index (χ2v) is 14.8. The number of carbonyl (C=O) groups excluding carboxylic acids is 3. The Morgan fingerprint density at radius 1 is 1.20 bits per heavy atom. The average Bonchev–Trinajstić information content (AvgIpc) is 3.49. The van der Waals surface area contributed by atoms with Gasteiger partial charge < -0.3 is 24.9 Å². The van der Waals surface area contributed by atoms with Crippen molar-refractivity contribution in [3.8, 4) is 5.75 Å². The van der Waals surface area contributed by atoms with Crippen molar-refractivity contribution in [2.75, 3.05) is 19.0 Å². The normalized spacial score (nSPS) is 26.6. The van der Waals surface area contributed by atoms with Gasteiger partial charge in [0.05, 0.1) is 5.71 Å². The van der Waals surface area contributed by atoms with Crippen molar-refractivity contribution in [2.24, 2.45) is 28.3 Å². The van der Waals surface area contributed by atoms with Crippen LogP contribution >= 0.6 is 11.3 Å². The van der Waals surface area contributed by atoms with E-state index in [1.54, 1.807) is 34.1 Å². The number of benzene rings is 1. The van der Waals surface area contributed by atoms with E-state index in [4.69, 9.17) is 14.3 Å². The number of hydrogen-bond donors (Lipinski definition) is 2. The molecule has 5 rings (SSSR count). The molecule has 44 heavy (non-hydrogen) atoms. The first-order valence-corrected chi connectivity index (χ1v) is 16.3. The summed E-state index contributed by atoms with van der Waals surface area (Å²) >= 11 is 1.49. The summed E-state index contributed by atoms with van der Waals surface area (Å²) in [6.45, 7) is 9.33. The fraction of sp³-hybridized carbons (Fsp3) is 0.606. The number of nitrogens with one attached hydrogen (secondary N) is 2. The highest BCUT2D eigenvalue weighted by molar-refractivity contribution is 7.15. The van der Waals surface area contributed by atoms with E-state index >= 15 is 0 Å². The van der Waals surface area contributed by atoms with Crippen LogP contribution in [0.3, 0.4) is 0 Å². The lowest BCUT2D eigenvalue weighted by atomic mass is 9.54. The van der Waals surface area contributed by atoms with E-state index in [1.807, 2.05) is 19.1 Å². The first kappa shape index (κ1) is 31.9. The maximum atomic E-state index is 12.8. The Hall–Kier alpha value is -3.47. The predicted molar refractivity (Wildman–Crippen MR) is 169 cm³/mol. The SMILES string of the molecule is CO/N=C1\C[C@@H](CCC(=O)Nc2ncc(C)s2)C2C3CCc4cc(OC(=O)CNC(=O)OC(C)(C)C)ccc4C3CC[C@]12C. The fourth-order valence-electron chi connectivity index (χ4n) is 7.76. The Kier molecular flexibility index (Phi) is 9.34. The minimum absolute atomic E-state index is 0.00269. The van der Waals surface area contributed by atoms with Gasteiger partial charge in [-0.1, -0.05) is 18.1 Å². The summed E-state index contributed by atoms with van der Waals surface area (Å²) in [5.41, 5.74) is 2.95. The lowest BCUT2D eigenvalue weighted by Crippen LogP contribution is -2.44. The molecule has 2 saturated carbocycles. The number of esters is 1. The number of oxime groups is 1. The van der Waals surface area contributed by atoms with Gasteiger partial charge in [0.1, 0.15) is 25.0 Å². The number of carbonyl (C=O) groups is 3. The number of aromatic nitrogens is 1. The topological polar surface area (TPSA) is 128 Å². The average molecular weight is 625 g/mol. The molecule has 1 aromatic carbocycles. The Labute approximate surface area is 263 Å². The molecule has 0 aliphatic heterocycles. The maximum Gasteiger partial charge on any atom is 0.408 e.